The lowest BCUT2D eigenvalue weighted by Crippen LogP contribution is -2.54. The molecule has 1 fully saturated rings. The highest BCUT2D eigenvalue weighted by atomic mass is 19.1. The van der Waals surface area contributed by atoms with Crippen molar-refractivity contribution in [2.45, 2.75) is 5.67 Å². The zero-order valence-electron chi connectivity index (χ0n) is 8.00. The molecule has 0 atom stereocenters. The van der Waals surface area contributed by atoms with Crippen LogP contribution in [-0.4, -0.2) is 25.0 Å². The van der Waals surface area contributed by atoms with Gasteiger partial charge >= 0.3 is 0 Å². The third-order valence-corrected chi connectivity index (χ3v) is 2.57. The molecule has 1 aromatic carbocycles. The van der Waals surface area contributed by atoms with Gasteiger partial charge in [-0.15, -0.1) is 0 Å². The predicted molar refractivity (Wildman–Crippen MR) is 51.4 cm³/mol. The summed E-state index contributed by atoms with van der Waals surface area (Å²) < 4.78 is 14.0. The zero-order chi connectivity index (χ0) is 10.2. The second-order valence-electron chi connectivity index (χ2n) is 3.83. The second-order valence-corrected chi connectivity index (χ2v) is 3.83. The van der Waals surface area contributed by atoms with Crippen molar-refractivity contribution in [3.63, 3.8) is 0 Å². The van der Waals surface area contributed by atoms with Gasteiger partial charge in [-0.1, -0.05) is 12.1 Å². The molecule has 1 heterocycles. The monoisotopic (exact) mass is 190 g/mol. The molecule has 0 N–H and O–H groups in total. The standard InChI is InChI=1S/C11H11FN2/c1-14-7-11(12,8-14)10-4-2-9(6-13)3-5-10/h2-5H,7-8H2,1H3. The highest BCUT2D eigenvalue weighted by molar-refractivity contribution is 5.35. The van der Waals surface area contributed by atoms with Crippen LogP contribution in [0.25, 0.3) is 0 Å². The minimum absolute atomic E-state index is 0.443. The smallest absolute Gasteiger partial charge is 0.161 e. The molecule has 3 heteroatoms. The topological polar surface area (TPSA) is 27.0 Å². The van der Waals surface area contributed by atoms with Crippen molar-refractivity contribution in [1.82, 2.24) is 4.90 Å². The Balaban J connectivity index is 2.22. The number of nitrogens with zero attached hydrogens (tertiary/aromatic N) is 2. The van der Waals surface area contributed by atoms with Crippen LogP contribution in [-0.2, 0) is 5.67 Å². The lowest BCUT2D eigenvalue weighted by molar-refractivity contribution is -0.0194. The van der Waals surface area contributed by atoms with Gasteiger partial charge in [0.25, 0.3) is 0 Å². The summed E-state index contributed by atoms with van der Waals surface area (Å²) in [5, 5.41) is 8.59. The summed E-state index contributed by atoms with van der Waals surface area (Å²) in [7, 11) is 1.89. The average Bonchev–Trinajstić information content (AvgIpc) is 2.16. The number of nitriles is 1. The van der Waals surface area contributed by atoms with Crippen molar-refractivity contribution >= 4 is 0 Å². The number of likely N-dealkylation sites (N-methyl/N-ethyl adjacent to an activating group) is 1. The van der Waals surface area contributed by atoms with Crippen molar-refractivity contribution in [3.05, 3.63) is 35.4 Å². The van der Waals surface area contributed by atoms with Crippen LogP contribution in [0.4, 0.5) is 4.39 Å². The quantitative estimate of drug-likeness (QED) is 0.673. The lowest BCUT2D eigenvalue weighted by Gasteiger charge is -2.42. The van der Waals surface area contributed by atoms with Gasteiger partial charge in [0.05, 0.1) is 11.6 Å². The summed E-state index contributed by atoms with van der Waals surface area (Å²) in [6.07, 6.45) is 0. The Morgan fingerprint density at radius 3 is 2.36 bits per heavy atom. The minimum atomic E-state index is -1.21. The molecular formula is C11H11FN2. The van der Waals surface area contributed by atoms with E-state index in [2.05, 4.69) is 0 Å². The molecule has 0 radical (unpaired) electrons. The van der Waals surface area contributed by atoms with E-state index in [1.165, 1.54) is 0 Å². The van der Waals surface area contributed by atoms with Crippen molar-refractivity contribution in [2.24, 2.45) is 0 Å². The third-order valence-electron chi connectivity index (χ3n) is 2.57. The van der Waals surface area contributed by atoms with Crippen LogP contribution in [0.15, 0.2) is 24.3 Å². The first-order chi connectivity index (χ1) is 6.64. The molecule has 1 saturated heterocycles. The normalized spacial score (nSPS) is 19.8. The summed E-state index contributed by atoms with van der Waals surface area (Å²) in [5.41, 5.74) is 0.0440. The van der Waals surface area contributed by atoms with Gasteiger partial charge in [-0.2, -0.15) is 5.26 Å². The van der Waals surface area contributed by atoms with Gasteiger partial charge in [-0.05, 0) is 24.7 Å². The van der Waals surface area contributed by atoms with Gasteiger partial charge < -0.3 is 0 Å². The van der Waals surface area contributed by atoms with E-state index in [0.717, 1.165) is 0 Å². The summed E-state index contributed by atoms with van der Waals surface area (Å²) in [4.78, 5) is 1.93. The Morgan fingerprint density at radius 1 is 1.36 bits per heavy atom. The molecular weight excluding hydrogens is 179 g/mol. The first kappa shape index (κ1) is 9.17. The summed E-state index contributed by atoms with van der Waals surface area (Å²) in [5.74, 6) is 0. The summed E-state index contributed by atoms with van der Waals surface area (Å²) in [6.45, 7) is 0.887. The van der Waals surface area contributed by atoms with Crippen LogP contribution < -0.4 is 0 Å². The van der Waals surface area contributed by atoms with Crippen LogP contribution in [0.2, 0.25) is 0 Å². The molecule has 1 aliphatic rings. The van der Waals surface area contributed by atoms with Gasteiger partial charge in [-0.25, -0.2) is 4.39 Å². The van der Waals surface area contributed by atoms with Gasteiger partial charge in [-0.3, -0.25) is 4.90 Å². The molecule has 0 saturated carbocycles. The molecule has 0 unspecified atom stereocenters. The fourth-order valence-corrected chi connectivity index (χ4v) is 1.84. The molecule has 1 aliphatic heterocycles. The maximum atomic E-state index is 14.0. The molecule has 0 aromatic heterocycles. The number of benzene rings is 1. The Labute approximate surface area is 82.6 Å². The van der Waals surface area contributed by atoms with Crippen LogP contribution >= 0.6 is 0 Å². The SMILES string of the molecule is CN1CC(F)(c2ccc(C#N)cc2)C1. The van der Waals surface area contributed by atoms with Crippen LogP contribution in [0, 0.1) is 11.3 Å². The largest absolute Gasteiger partial charge is 0.299 e. The molecule has 2 nitrogen and oxygen atoms in total. The number of rotatable bonds is 1. The number of alkyl halides is 1. The second kappa shape index (κ2) is 3.07. The van der Waals surface area contributed by atoms with Gasteiger partial charge in [0.1, 0.15) is 0 Å². The fraction of sp³-hybridized carbons (Fsp3) is 0.364. The molecule has 0 spiro atoms. The lowest BCUT2D eigenvalue weighted by atomic mass is 9.88. The maximum Gasteiger partial charge on any atom is 0.161 e. The molecule has 72 valence electrons. The Bertz CT molecular complexity index is 371. The van der Waals surface area contributed by atoms with Crippen molar-refractivity contribution in [3.8, 4) is 6.07 Å². The number of likely N-dealkylation sites (tertiary alicyclic amines) is 1. The van der Waals surface area contributed by atoms with Gasteiger partial charge in [0.2, 0.25) is 0 Å². The maximum absolute atomic E-state index is 14.0. The first-order valence-corrected chi connectivity index (χ1v) is 4.52. The van der Waals surface area contributed by atoms with Crippen LogP contribution in [0.3, 0.4) is 0 Å². The number of halogens is 1. The molecule has 1 aromatic rings. The first-order valence-electron chi connectivity index (χ1n) is 4.52. The molecule has 14 heavy (non-hydrogen) atoms. The predicted octanol–water partition coefficient (Wildman–Crippen LogP) is 1.67. The fourth-order valence-electron chi connectivity index (χ4n) is 1.84. The van der Waals surface area contributed by atoms with E-state index in [9.17, 15) is 4.39 Å². The van der Waals surface area contributed by atoms with Crippen LogP contribution in [0.5, 0.6) is 0 Å². The van der Waals surface area contributed by atoms with E-state index in [0.29, 0.717) is 24.2 Å². The van der Waals surface area contributed by atoms with Gasteiger partial charge in [0.15, 0.2) is 5.67 Å². The van der Waals surface area contributed by atoms with E-state index >= 15 is 0 Å². The van der Waals surface area contributed by atoms with E-state index in [1.54, 1.807) is 24.3 Å². The van der Waals surface area contributed by atoms with E-state index in [-0.39, 0.29) is 0 Å². The highest BCUT2D eigenvalue weighted by Gasteiger charge is 2.42. The van der Waals surface area contributed by atoms with Crippen molar-refractivity contribution in [1.29, 1.82) is 5.26 Å². The van der Waals surface area contributed by atoms with Crippen molar-refractivity contribution in [2.75, 3.05) is 20.1 Å². The number of hydrogen-bond donors (Lipinski definition) is 0. The van der Waals surface area contributed by atoms with E-state index in [1.807, 2.05) is 18.0 Å². The number of hydrogen-bond acceptors (Lipinski definition) is 2. The average molecular weight is 190 g/mol. The van der Waals surface area contributed by atoms with Crippen LogP contribution in [0.1, 0.15) is 11.1 Å². The Hall–Kier alpha value is -1.40. The zero-order valence-corrected chi connectivity index (χ0v) is 8.00. The van der Waals surface area contributed by atoms with Gasteiger partial charge in [0, 0.05) is 13.1 Å². The molecule has 0 aliphatic carbocycles. The summed E-state index contributed by atoms with van der Waals surface area (Å²) in [6, 6.07) is 8.74. The van der Waals surface area contributed by atoms with Crippen molar-refractivity contribution < 1.29 is 4.39 Å². The highest BCUT2D eigenvalue weighted by Crippen LogP contribution is 2.34. The summed E-state index contributed by atoms with van der Waals surface area (Å²) >= 11 is 0. The molecule has 0 amide bonds. The molecule has 0 bridgehead atoms. The Morgan fingerprint density at radius 2 is 1.93 bits per heavy atom. The molecule has 2 rings (SSSR count). The van der Waals surface area contributed by atoms with E-state index < -0.39 is 5.67 Å². The van der Waals surface area contributed by atoms with E-state index in [4.69, 9.17) is 5.26 Å². The minimum Gasteiger partial charge on any atom is -0.299 e. The third kappa shape index (κ3) is 1.38. The Kier molecular flexibility index (Phi) is 2.01.